The van der Waals surface area contributed by atoms with E-state index in [0.29, 0.717) is 0 Å². The van der Waals surface area contributed by atoms with Crippen LogP contribution in [0.2, 0.25) is 0 Å². The van der Waals surface area contributed by atoms with Crippen LogP contribution in [0.4, 0.5) is 0 Å². The predicted molar refractivity (Wildman–Crippen MR) is 103 cm³/mol. The van der Waals surface area contributed by atoms with E-state index in [0.717, 1.165) is 37.6 Å². The third-order valence-electron chi connectivity index (χ3n) is 4.25. The van der Waals surface area contributed by atoms with Crippen molar-refractivity contribution in [2.24, 2.45) is 0 Å². The smallest absolute Gasteiger partial charge is 0.0850 e. The molecular formula is C22H37O2Zn-. The average Bonchev–Trinajstić information content (AvgIpc) is 2.60. The van der Waals surface area contributed by atoms with Crippen molar-refractivity contribution < 1.29 is 29.0 Å². The molecule has 25 heavy (non-hydrogen) atoms. The maximum atomic E-state index is 5.79. The molecule has 0 unspecified atom stereocenters. The molecule has 3 heteroatoms. The van der Waals surface area contributed by atoms with Gasteiger partial charge in [0.25, 0.3) is 0 Å². The normalized spacial score (nSPS) is 10.3. The van der Waals surface area contributed by atoms with Gasteiger partial charge in [-0.25, -0.2) is 0 Å². The molecule has 1 aromatic rings. The molecular weight excluding hydrogens is 362 g/mol. The van der Waals surface area contributed by atoms with Gasteiger partial charge in [0.2, 0.25) is 0 Å². The second-order valence-corrected chi connectivity index (χ2v) is 6.61. The average molecular weight is 399 g/mol. The van der Waals surface area contributed by atoms with Crippen LogP contribution < -0.4 is 9.47 Å². The van der Waals surface area contributed by atoms with E-state index in [2.05, 4.69) is 19.9 Å². The van der Waals surface area contributed by atoms with E-state index in [1.165, 1.54) is 64.2 Å². The molecule has 0 spiro atoms. The fourth-order valence-corrected chi connectivity index (χ4v) is 2.73. The van der Waals surface area contributed by atoms with Gasteiger partial charge in [-0.3, -0.25) is 0 Å². The molecule has 140 valence electrons. The molecule has 0 fully saturated rings. The Morgan fingerprint density at radius 2 is 1.04 bits per heavy atom. The van der Waals surface area contributed by atoms with Crippen LogP contribution in [0, 0.1) is 6.07 Å². The van der Waals surface area contributed by atoms with E-state index in [1.54, 1.807) is 0 Å². The van der Waals surface area contributed by atoms with Gasteiger partial charge in [-0.1, -0.05) is 84.1 Å². The van der Waals surface area contributed by atoms with Gasteiger partial charge in [0.15, 0.2) is 0 Å². The number of hydrogen-bond donors (Lipinski definition) is 0. The minimum atomic E-state index is 0. The molecule has 0 aliphatic carbocycles. The summed E-state index contributed by atoms with van der Waals surface area (Å²) in [6.45, 7) is 6.06. The van der Waals surface area contributed by atoms with Gasteiger partial charge in [-0.2, -0.15) is 6.07 Å². The van der Waals surface area contributed by atoms with Gasteiger partial charge in [0.1, 0.15) is 0 Å². The van der Waals surface area contributed by atoms with Crippen molar-refractivity contribution >= 4 is 0 Å². The Bertz CT molecular complexity index is 362. The van der Waals surface area contributed by atoms with Gasteiger partial charge in [-0.15, -0.1) is 12.1 Å². The Morgan fingerprint density at radius 3 is 1.48 bits per heavy atom. The van der Waals surface area contributed by atoms with Crippen LogP contribution in [-0.4, -0.2) is 13.2 Å². The molecule has 0 radical (unpaired) electrons. The molecule has 0 saturated heterocycles. The molecule has 0 N–H and O–H groups in total. The first kappa shape index (κ1) is 24.4. The van der Waals surface area contributed by atoms with Crippen molar-refractivity contribution in [3.05, 3.63) is 24.3 Å². The van der Waals surface area contributed by atoms with Crippen LogP contribution in [0.15, 0.2) is 18.2 Å². The summed E-state index contributed by atoms with van der Waals surface area (Å²) in [6, 6.07) is 9.15. The second-order valence-electron chi connectivity index (χ2n) is 6.61. The summed E-state index contributed by atoms with van der Waals surface area (Å²) in [7, 11) is 0. The Kier molecular flexibility index (Phi) is 17.8. The van der Waals surface area contributed by atoms with E-state index in [9.17, 15) is 0 Å². The van der Waals surface area contributed by atoms with Crippen LogP contribution in [0.1, 0.15) is 90.9 Å². The molecule has 0 heterocycles. The van der Waals surface area contributed by atoms with Gasteiger partial charge >= 0.3 is 0 Å². The van der Waals surface area contributed by atoms with E-state index in [-0.39, 0.29) is 19.5 Å². The summed E-state index contributed by atoms with van der Waals surface area (Å²) in [5.74, 6) is 1.62. The van der Waals surface area contributed by atoms with Gasteiger partial charge in [-0.05, 0) is 12.8 Å². The largest absolute Gasteiger partial charge is 0.519 e. The third-order valence-corrected chi connectivity index (χ3v) is 4.25. The maximum absolute atomic E-state index is 5.79. The van der Waals surface area contributed by atoms with Crippen molar-refractivity contribution in [3.8, 4) is 11.5 Å². The van der Waals surface area contributed by atoms with Gasteiger partial charge < -0.3 is 9.47 Å². The van der Waals surface area contributed by atoms with Crippen molar-refractivity contribution in [1.29, 1.82) is 0 Å². The van der Waals surface area contributed by atoms with Crippen LogP contribution in [-0.2, 0) is 19.5 Å². The molecule has 0 saturated carbocycles. The number of benzene rings is 1. The first-order valence-electron chi connectivity index (χ1n) is 10.1. The Balaban J connectivity index is 0.00000576. The van der Waals surface area contributed by atoms with Crippen LogP contribution >= 0.6 is 0 Å². The zero-order chi connectivity index (χ0) is 17.3. The fraction of sp³-hybridized carbons (Fsp3) is 0.727. The molecule has 1 aromatic carbocycles. The quantitative estimate of drug-likeness (QED) is 0.170. The standard InChI is InChI=1S/C22H37O2.Zn/c1-3-5-7-9-11-13-18-23-21-16-15-17-22(20-21)24-19-14-12-10-8-6-4-2;/h15-17H,3-14,18-19H2,1-2H3;/q-1;. The molecule has 0 aromatic heterocycles. The first-order chi connectivity index (χ1) is 11.9. The van der Waals surface area contributed by atoms with Crippen molar-refractivity contribution in [3.63, 3.8) is 0 Å². The molecule has 0 aliphatic heterocycles. The Labute approximate surface area is 168 Å². The molecule has 0 amide bonds. The van der Waals surface area contributed by atoms with Crippen molar-refractivity contribution in [1.82, 2.24) is 0 Å². The van der Waals surface area contributed by atoms with Crippen LogP contribution in [0.3, 0.4) is 0 Å². The minimum absolute atomic E-state index is 0. The molecule has 0 aliphatic rings. The monoisotopic (exact) mass is 397 g/mol. The Morgan fingerprint density at radius 1 is 0.640 bits per heavy atom. The second kappa shape index (κ2) is 18.2. The first-order valence-corrected chi connectivity index (χ1v) is 10.1. The van der Waals surface area contributed by atoms with Crippen molar-refractivity contribution in [2.45, 2.75) is 90.9 Å². The number of rotatable bonds is 16. The summed E-state index contributed by atoms with van der Waals surface area (Å²) in [5.41, 5.74) is 0. The molecule has 1 rings (SSSR count). The summed E-state index contributed by atoms with van der Waals surface area (Å²) < 4.78 is 11.6. The van der Waals surface area contributed by atoms with E-state index in [1.807, 2.05) is 18.2 Å². The van der Waals surface area contributed by atoms with E-state index in [4.69, 9.17) is 9.47 Å². The minimum Gasteiger partial charge on any atom is -0.519 e. The van der Waals surface area contributed by atoms with Gasteiger partial charge in [0, 0.05) is 31.0 Å². The van der Waals surface area contributed by atoms with Crippen LogP contribution in [0.5, 0.6) is 11.5 Å². The molecule has 0 atom stereocenters. The number of hydrogen-bond acceptors (Lipinski definition) is 2. The number of ether oxygens (including phenoxy) is 2. The fourth-order valence-electron chi connectivity index (χ4n) is 2.73. The maximum Gasteiger partial charge on any atom is 0.0850 e. The SMILES string of the molecule is CCCCCCCCOc1[c-]c(OCCCCCCCC)ccc1.[Zn]. The summed E-state index contributed by atoms with van der Waals surface area (Å²) in [4.78, 5) is 0. The van der Waals surface area contributed by atoms with E-state index >= 15 is 0 Å². The topological polar surface area (TPSA) is 18.5 Å². The van der Waals surface area contributed by atoms with Gasteiger partial charge in [0.05, 0.1) is 13.2 Å². The summed E-state index contributed by atoms with van der Waals surface area (Å²) in [6.07, 6.45) is 15.4. The van der Waals surface area contributed by atoms with E-state index < -0.39 is 0 Å². The summed E-state index contributed by atoms with van der Waals surface area (Å²) >= 11 is 0. The zero-order valence-corrected chi connectivity index (χ0v) is 19.6. The third kappa shape index (κ3) is 14.3. The van der Waals surface area contributed by atoms with Crippen LogP contribution in [0.25, 0.3) is 0 Å². The Hall–Kier alpha value is -0.557. The predicted octanol–water partition coefficient (Wildman–Crippen LogP) is 6.96. The number of unbranched alkanes of at least 4 members (excludes halogenated alkanes) is 10. The van der Waals surface area contributed by atoms with Crippen molar-refractivity contribution in [2.75, 3.05) is 13.2 Å². The zero-order valence-electron chi connectivity index (χ0n) is 16.7. The molecule has 0 bridgehead atoms. The summed E-state index contributed by atoms with van der Waals surface area (Å²) in [5, 5.41) is 0. The molecule has 2 nitrogen and oxygen atoms in total.